The van der Waals surface area contributed by atoms with Crippen molar-refractivity contribution >= 4 is 22.7 Å². The number of Topliss-reactive ketones (excluding diaryl/α,β-unsaturated/α-hetero) is 1. The molecule has 8 heteroatoms. The first-order valence-electron chi connectivity index (χ1n) is 8.96. The zero-order valence-corrected chi connectivity index (χ0v) is 15.3. The largest absolute Gasteiger partial charge is 0.507 e. The molecule has 0 saturated heterocycles. The van der Waals surface area contributed by atoms with Crippen molar-refractivity contribution in [2.45, 2.75) is 19.3 Å². The summed E-state index contributed by atoms with van der Waals surface area (Å²) in [4.78, 5) is 39.6. The lowest BCUT2D eigenvalue weighted by Gasteiger charge is -2.26. The van der Waals surface area contributed by atoms with Crippen LogP contribution in [0.1, 0.15) is 40.7 Å². The topological polar surface area (TPSA) is 115 Å². The zero-order valence-electron chi connectivity index (χ0n) is 15.3. The second kappa shape index (κ2) is 6.10. The molecule has 0 bridgehead atoms. The number of carbonyl (C=O) groups excluding carboxylic acids is 2. The van der Waals surface area contributed by atoms with Gasteiger partial charge in [-0.3, -0.25) is 14.4 Å². The van der Waals surface area contributed by atoms with E-state index in [1.54, 1.807) is 18.2 Å². The molecular formula is C21H15NO7. The van der Waals surface area contributed by atoms with Crippen LogP contribution < -0.4 is 19.8 Å². The monoisotopic (exact) mass is 393 g/mol. The highest BCUT2D eigenvalue weighted by Crippen LogP contribution is 2.45. The summed E-state index contributed by atoms with van der Waals surface area (Å²) >= 11 is 0. The number of pyridine rings is 1. The fourth-order valence-electron chi connectivity index (χ4n) is 3.87. The summed E-state index contributed by atoms with van der Waals surface area (Å²) in [5.41, 5.74) is 0.790. The van der Waals surface area contributed by atoms with E-state index in [1.165, 1.54) is 19.1 Å². The third-order valence-corrected chi connectivity index (χ3v) is 5.24. The van der Waals surface area contributed by atoms with Crippen molar-refractivity contribution in [2.75, 3.05) is 6.79 Å². The molecule has 146 valence electrons. The maximum absolute atomic E-state index is 12.9. The Morgan fingerprint density at radius 3 is 2.62 bits per heavy atom. The molecule has 0 fully saturated rings. The molecule has 0 radical (unpaired) electrons. The van der Waals surface area contributed by atoms with Gasteiger partial charge in [-0.2, -0.15) is 0 Å². The van der Waals surface area contributed by atoms with E-state index >= 15 is 0 Å². The van der Waals surface area contributed by atoms with E-state index < -0.39 is 17.4 Å². The maximum atomic E-state index is 12.9. The van der Waals surface area contributed by atoms with Crippen LogP contribution in [0.25, 0.3) is 10.9 Å². The van der Waals surface area contributed by atoms with Crippen molar-refractivity contribution < 1.29 is 28.9 Å². The van der Waals surface area contributed by atoms with Crippen LogP contribution in [-0.2, 0) is 4.79 Å². The zero-order chi connectivity index (χ0) is 20.3. The summed E-state index contributed by atoms with van der Waals surface area (Å²) in [5.74, 6) is -0.665. The first kappa shape index (κ1) is 17.3. The fraction of sp³-hybridized carbons (Fsp3) is 0.190. The Kier molecular flexibility index (Phi) is 3.64. The Morgan fingerprint density at radius 1 is 1.10 bits per heavy atom. The van der Waals surface area contributed by atoms with Crippen molar-refractivity contribution in [1.29, 1.82) is 0 Å². The second-order valence-electron chi connectivity index (χ2n) is 7.01. The number of H-pyrrole nitrogens is 1. The van der Waals surface area contributed by atoms with Crippen LogP contribution in [0.5, 0.6) is 23.0 Å². The second-order valence-corrected chi connectivity index (χ2v) is 7.01. The molecule has 2 aliphatic rings. The summed E-state index contributed by atoms with van der Waals surface area (Å²) in [6.07, 6.45) is -0.138. The van der Waals surface area contributed by atoms with Gasteiger partial charge in [0.15, 0.2) is 17.3 Å². The molecular weight excluding hydrogens is 378 g/mol. The summed E-state index contributed by atoms with van der Waals surface area (Å²) < 4.78 is 16.0. The Balaban J connectivity index is 1.73. The van der Waals surface area contributed by atoms with Gasteiger partial charge in [-0.1, -0.05) is 0 Å². The molecule has 2 aliphatic heterocycles. The van der Waals surface area contributed by atoms with Crippen molar-refractivity contribution in [3.05, 3.63) is 57.4 Å². The number of hydrogen-bond acceptors (Lipinski definition) is 7. The number of carbonyl (C=O) groups is 2. The number of ether oxygens (including phenoxy) is 3. The van der Waals surface area contributed by atoms with Crippen molar-refractivity contribution in [3.8, 4) is 23.0 Å². The summed E-state index contributed by atoms with van der Waals surface area (Å²) in [7, 11) is 0. The molecule has 8 nitrogen and oxygen atoms in total. The van der Waals surface area contributed by atoms with Gasteiger partial charge in [-0.05, 0) is 31.2 Å². The van der Waals surface area contributed by atoms with Crippen LogP contribution in [0.3, 0.4) is 0 Å². The minimum atomic E-state index is -0.760. The fourth-order valence-corrected chi connectivity index (χ4v) is 3.87. The number of phenolic OH excluding ortho intramolecular Hbond substituents is 1. The average molecular weight is 393 g/mol. The lowest BCUT2D eigenvalue weighted by molar-refractivity contribution is -0.135. The first-order chi connectivity index (χ1) is 13.9. The number of ketones is 1. The SMILES string of the molecule is CC(=O)c1ccc2c(c1O)C(c1cc3cc4c(cc3[nH]c1=O)OCO4)CC(=O)O2. The Labute approximate surface area is 163 Å². The Hall–Kier alpha value is -3.81. The van der Waals surface area contributed by atoms with Crippen molar-refractivity contribution in [3.63, 3.8) is 0 Å². The van der Waals surface area contributed by atoms with Gasteiger partial charge in [-0.15, -0.1) is 0 Å². The van der Waals surface area contributed by atoms with Crippen molar-refractivity contribution in [2.24, 2.45) is 0 Å². The van der Waals surface area contributed by atoms with Gasteiger partial charge in [0.2, 0.25) is 6.79 Å². The standard InChI is InChI=1S/C21H15NO7/c1-9(23)11-2-3-15-19(20(11)25)12(6-18(24)29-15)13-4-10-5-16-17(28-8-27-16)7-14(10)22-21(13)26/h2-5,7,12,25H,6,8H2,1H3,(H,22,26). The lowest BCUT2D eigenvalue weighted by Crippen LogP contribution is -2.26. The van der Waals surface area contributed by atoms with Gasteiger partial charge in [0, 0.05) is 28.5 Å². The number of aromatic nitrogens is 1. The van der Waals surface area contributed by atoms with Crippen LogP contribution >= 0.6 is 0 Å². The number of esters is 1. The van der Waals surface area contributed by atoms with Gasteiger partial charge in [0.05, 0.1) is 17.5 Å². The molecule has 0 saturated carbocycles. The van der Waals surface area contributed by atoms with E-state index in [0.29, 0.717) is 22.4 Å². The van der Waals surface area contributed by atoms with E-state index in [1.807, 2.05) is 0 Å². The number of nitrogens with one attached hydrogen (secondary N) is 1. The molecule has 1 atom stereocenters. The number of benzene rings is 2. The van der Waals surface area contributed by atoms with E-state index in [-0.39, 0.29) is 47.2 Å². The predicted molar refractivity (Wildman–Crippen MR) is 101 cm³/mol. The number of phenols is 1. The van der Waals surface area contributed by atoms with Crippen LogP contribution in [0.2, 0.25) is 0 Å². The van der Waals surface area contributed by atoms with Crippen LogP contribution in [0, 0.1) is 0 Å². The molecule has 0 amide bonds. The molecule has 2 N–H and O–H groups in total. The number of aromatic hydroxyl groups is 1. The van der Waals surface area contributed by atoms with E-state index in [9.17, 15) is 19.5 Å². The number of rotatable bonds is 2. The highest BCUT2D eigenvalue weighted by molar-refractivity contribution is 5.98. The van der Waals surface area contributed by atoms with Gasteiger partial charge in [0.25, 0.3) is 5.56 Å². The minimum Gasteiger partial charge on any atom is -0.507 e. The highest BCUT2D eigenvalue weighted by Gasteiger charge is 2.34. The van der Waals surface area contributed by atoms with Crippen LogP contribution in [0.4, 0.5) is 0 Å². The number of hydrogen-bond donors (Lipinski definition) is 2. The molecule has 1 unspecified atom stereocenters. The van der Waals surface area contributed by atoms with E-state index in [4.69, 9.17) is 14.2 Å². The third kappa shape index (κ3) is 2.64. The Morgan fingerprint density at radius 2 is 1.86 bits per heavy atom. The molecule has 5 rings (SSSR count). The normalized spacial score (nSPS) is 17.1. The summed E-state index contributed by atoms with van der Waals surface area (Å²) in [6.45, 7) is 1.43. The van der Waals surface area contributed by atoms with Gasteiger partial charge < -0.3 is 24.3 Å². The lowest BCUT2D eigenvalue weighted by atomic mass is 9.84. The molecule has 3 aromatic rings. The quantitative estimate of drug-likeness (QED) is 0.391. The average Bonchev–Trinajstić information content (AvgIpc) is 3.12. The van der Waals surface area contributed by atoms with Gasteiger partial charge in [-0.25, -0.2) is 0 Å². The molecule has 1 aromatic heterocycles. The van der Waals surface area contributed by atoms with Gasteiger partial charge >= 0.3 is 5.97 Å². The third-order valence-electron chi connectivity index (χ3n) is 5.24. The molecule has 29 heavy (non-hydrogen) atoms. The van der Waals surface area contributed by atoms with E-state index in [0.717, 1.165) is 0 Å². The van der Waals surface area contributed by atoms with Crippen molar-refractivity contribution in [1.82, 2.24) is 4.98 Å². The highest BCUT2D eigenvalue weighted by atomic mass is 16.7. The summed E-state index contributed by atoms with van der Waals surface area (Å²) in [6, 6.07) is 7.94. The smallest absolute Gasteiger partial charge is 0.312 e. The molecule has 2 aromatic carbocycles. The van der Waals surface area contributed by atoms with Crippen LogP contribution in [-0.4, -0.2) is 28.6 Å². The summed E-state index contributed by atoms with van der Waals surface area (Å²) in [5, 5.41) is 11.4. The molecule has 3 heterocycles. The van der Waals surface area contributed by atoms with Gasteiger partial charge in [0.1, 0.15) is 11.5 Å². The maximum Gasteiger partial charge on any atom is 0.312 e. The molecule has 0 aliphatic carbocycles. The number of aromatic amines is 1. The van der Waals surface area contributed by atoms with Crippen LogP contribution in [0.15, 0.2) is 35.1 Å². The first-order valence-corrected chi connectivity index (χ1v) is 8.96. The Bertz CT molecular complexity index is 1270. The minimum absolute atomic E-state index is 0.103. The number of fused-ring (bicyclic) bond motifs is 3. The predicted octanol–water partition coefficient (Wildman–Crippen LogP) is 2.61. The van der Waals surface area contributed by atoms with E-state index in [2.05, 4.69) is 4.98 Å². The molecule has 0 spiro atoms.